The summed E-state index contributed by atoms with van der Waals surface area (Å²) in [6.45, 7) is 0.473. The molecule has 20 heavy (non-hydrogen) atoms. The maximum atomic E-state index is 12.4. The Morgan fingerprint density at radius 1 is 1.50 bits per heavy atom. The molecule has 7 nitrogen and oxygen atoms in total. The van der Waals surface area contributed by atoms with Crippen LogP contribution in [0.5, 0.6) is 0 Å². The number of aliphatic carboxylic acids is 1. The molecule has 0 spiro atoms. The van der Waals surface area contributed by atoms with Gasteiger partial charge in [-0.3, -0.25) is 9.59 Å². The van der Waals surface area contributed by atoms with Gasteiger partial charge in [0.2, 0.25) is 0 Å². The van der Waals surface area contributed by atoms with E-state index in [-0.39, 0.29) is 24.2 Å². The number of carboxylic acids is 1. The molecular weight excluding hydrogens is 262 g/mol. The van der Waals surface area contributed by atoms with Crippen LogP contribution in [0.1, 0.15) is 18.9 Å². The van der Waals surface area contributed by atoms with Crippen molar-refractivity contribution in [2.45, 2.75) is 24.9 Å². The van der Waals surface area contributed by atoms with Gasteiger partial charge in [-0.1, -0.05) is 0 Å². The van der Waals surface area contributed by atoms with E-state index < -0.39 is 11.9 Å². The Balaban J connectivity index is 1.90. The Labute approximate surface area is 115 Å². The molecule has 0 radical (unpaired) electrons. The summed E-state index contributed by atoms with van der Waals surface area (Å²) in [6, 6.07) is -0.0875. The zero-order valence-electron chi connectivity index (χ0n) is 11.2. The van der Waals surface area contributed by atoms with E-state index in [1.54, 1.807) is 28.9 Å². The van der Waals surface area contributed by atoms with Crippen molar-refractivity contribution in [3.8, 4) is 0 Å². The average molecular weight is 279 g/mol. The number of hydrogen-bond donors (Lipinski definition) is 1. The predicted octanol–water partition coefficient (Wildman–Crippen LogP) is 0.114. The first-order valence-electron chi connectivity index (χ1n) is 6.70. The maximum Gasteiger partial charge on any atom is 0.311 e. The molecule has 1 aromatic rings. The summed E-state index contributed by atoms with van der Waals surface area (Å²) < 4.78 is 6.93. The topological polar surface area (TPSA) is 84.7 Å². The molecule has 0 bridgehead atoms. The zero-order valence-corrected chi connectivity index (χ0v) is 11.2. The molecule has 1 aliphatic carbocycles. The molecule has 108 valence electrons. The highest BCUT2D eigenvalue weighted by Gasteiger charge is 2.38. The van der Waals surface area contributed by atoms with Gasteiger partial charge in [-0.05, 0) is 12.8 Å². The number of anilines is 1. The number of carboxylic acid groups (broad SMARTS) is 1. The smallest absolute Gasteiger partial charge is 0.311 e. The van der Waals surface area contributed by atoms with Gasteiger partial charge in [-0.2, -0.15) is 0 Å². The quantitative estimate of drug-likeness (QED) is 0.842. The fourth-order valence-electron chi connectivity index (χ4n) is 2.61. The molecule has 3 rings (SSSR count). The minimum absolute atomic E-state index is 0.159. The highest BCUT2D eigenvalue weighted by atomic mass is 16.5. The normalized spacial score (nSPS) is 25.6. The number of aromatic nitrogens is 2. The molecule has 1 N–H and O–H groups in total. The van der Waals surface area contributed by atoms with E-state index in [4.69, 9.17) is 4.74 Å². The van der Waals surface area contributed by atoms with Gasteiger partial charge in [0, 0.05) is 25.5 Å². The Morgan fingerprint density at radius 2 is 2.25 bits per heavy atom. The highest BCUT2D eigenvalue weighted by molar-refractivity contribution is 5.72. The van der Waals surface area contributed by atoms with E-state index in [2.05, 4.69) is 4.98 Å². The van der Waals surface area contributed by atoms with Crippen LogP contribution < -0.4 is 10.5 Å². The summed E-state index contributed by atoms with van der Waals surface area (Å²) in [5, 5.41) is 9.19. The molecule has 2 atom stereocenters. The first-order chi connectivity index (χ1) is 9.59. The first kappa shape index (κ1) is 13.1. The lowest BCUT2D eigenvalue weighted by molar-refractivity contribution is -0.141. The molecule has 2 unspecified atom stereocenters. The van der Waals surface area contributed by atoms with E-state index in [0.29, 0.717) is 12.4 Å². The Bertz CT molecular complexity index is 581. The van der Waals surface area contributed by atoms with Gasteiger partial charge < -0.3 is 19.3 Å². The lowest BCUT2D eigenvalue weighted by atomic mass is 10.0. The second kappa shape index (κ2) is 4.90. The van der Waals surface area contributed by atoms with Crippen LogP contribution >= 0.6 is 0 Å². The van der Waals surface area contributed by atoms with Crippen molar-refractivity contribution in [3.05, 3.63) is 22.7 Å². The summed E-state index contributed by atoms with van der Waals surface area (Å²) in [4.78, 5) is 29.4. The van der Waals surface area contributed by atoms with Crippen LogP contribution in [0.2, 0.25) is 0 Å². The SMILES string of the molecule is CN(c1nccn(C2CC2)c1=O)C1COCC1C(=O)O. The van der Waals surface area contributed by atoms with E-state index in [9.17, 15) is 14.7 Å². The molecule has 1 saturated heterocycles. The molecule has 7 heteroatoms. The maximum absolute atomic E-state index is 12.4. The van der Waals surface area contributed by atoms with Crippen LogP contribution in [0.25, 0.3) is 0 Å². The number of ether oxygens (including phenoxy) is 1. The van der Waals surface area contributed by atoms with Crippen molar-refractivity contribution < 1.29 is 14.6 Å². The van der Waals surface area contributed by atoms with Gasteiger partial charge in [-0.15, -0.1) is 0 Å². The van der Waals surface area contributed by atoms with Gasteiger partial charge in [0.15, 0.2) is 5.82 Å². The first-order valence-corrected chi connectivity index (χ1v) is 6.70. The molecule has 1 saturated carbocycles. The molecule has 1 aliphatic heterocycles. The number of carbonyl (C=O) groups is 1. The number of hydrogen-bond acceptors (Lipinski definition) is 5. The fourth-order valence-corrected chi connectivity index (χ4v) is 2.61. The Morgan fingerprint density at radius 3 is 2.90 bits per heavy atom. The molecule has 0 aromatic carbocycles. The second-order valence-corrected chi connectivity index (χ2v) is 5.35. The molecule has 0 amide bonds. The van der Waals surface area contributed by atoms with Gasteiger partial charge in [0.1, 0.15) is 5.92 Å². The zero-order chi connectivity index (χ0) is 14.3. The molecule has 2 heterocycles. The van der Waals surface area contributed by atoms with Crippen LogP contribution in [-0.4, -0.2) is 46.9 Å². The molecule has 1 aromatic heterocycles. The second-order valence-electron chi connectivity index (χ2n) is 5.35. The molecular formula is C13H17N3O4. The molecule has 2 aliphatic rings. The lowest BCUT2D eigenvalue weighted by Gasteiger charge is -2.26. The van der Waals surface area contributed by atoms with Crippen LogP contribution in [-0.2, 0) is 9.53 Å². The molecule has 2 fully saturated rings. The summed E-state index contributed by atoms with van der Waals surface area (Å²) in [7, 11) is 1.70. The van der Waals surface area contributed by atoms with Crippen LogP contribution in [0.15, 0.2) is 17.2 Å². The third kappa shape index (κ3) is 2.18. The van der Waals surface area contributed by atoms with E-state index in [1.807, 2.05) is 0 Å². The van der Waals surface area contributed by atoms with Crippen molar-refractivity contribution in [1.82, 2.24) is 9.55 Å². The van der Waals surface area contributed by atoms with E-state index in [0.717, 1.165) is 12.8 Å². The van der Waals surface area contributed by atoms with Gasteiger partial charge in [0.25, 0.3) is 5.56 Å². The van der Waals surface area contributed by atoms with Gasteiger partial charge >= 0.3 is 5.97 Å². The van der Waals surface area contributed by atoms with Gasteiger partial charge in [-0.25, -0.2) is 4.98 Å². The Kier molecular flexibility index (Phi) is 3.21. The Hall–Kier alpha value is -1.89. The van der Waals surface area contributed by atoms with Crippen molar-refractivity contribution in [3.63, 3.8) is 0 Å². The number of nitrogens with zero attached hydrogens (tertiary/aromatic N) is 3. The third-order valence-electron chi connectivity index (χ3n) is 3.99. The summed E-state index contributed by atoms with van der Waals surface area (Å²) in [5.74, 6) is -1.24. The third-order valence-corrected chi connectivity index (χ3v) is 3.99. The van der Waals surface area contributed by atoms with E-state index in [1.165, 1.54) is 0 Å². The monoisotopic (exact) mass is 279 g/mol. The number of rotatable bonds is 4. The minimum atomic E-state index is -0.905. The predicted molar refractivity (Wildman–Crippen MR) is 70.9 cm³/mol. The largest absolute Gasteiger partial charge is 0.481 e. The number of likely N-dealkylation sites (N-methyl/N-ethyl adjacent to an activating group) is 1. The average Bonchev–Trinajstić information content (AvgIpc) is 3.14. The van der Waals surface area contributed by atoms with Crippen molar-refractivity contribution in [1.29, 1.82) is 0 Å². The van der Waals surface area contributed by atoms with Crippen LogP contribution in [0, 0.1) is 5.92 Å². The van der Waals surface area contributed by atoms with Crippen molar-refractivity contribution in [2.75, 3.05) is 25.2 Å². The van der Waals surface area contributed by atoms with E-state index >= 15 is 0 Å². The fraction of sp³-hybridized carbons (Fsp3) is 0.615. The van der Waals surface area contributed by atoms with Gasteiger partial charge in [0.05, 0.1) is 19.3 Å². The standard InChI is InChI=1S/C13H17N3O4/c1-15(10-7-20-6-9(10)13(18)19)11-12(17)16(5-4-14-11)8-2-3-8/h4-5,8-10H,2-3,6-7H2,1H3,(H,18,19). The van der Waals surface area contributed by atoms with Crippen LogP contribution in [0.4, 0.5) is 5.82 Å². The van der Waals surface area contributed by atoms with Crippen LogP contribution in [0.3, 0.4) is 0 Å². The highest BCUT2D eigenvalue weighted by Crippen LogP contribution is 2.33. The lowest BCUT2D eigenvalue weighted by Crippen LogP contribution is -2.44. The van der Waals surface area contributed by atoms with Crippen molar-refractivity contribution in [2.24, 2.45) is 5.92 Å². The summed E-state index contributed by atoms with van der Waals surface area (Å²) in [6.07, 6.45) is 5.31. The summed E-state index contributed by atoms with van der Waals surface area (Å²) >= 11 is 0. The minimum Gasteiger partial charge on any atom is -0.481 e. The van der Waals surface area contributed by atoms with Crippen molar-refractivity contribution >= 4 is 11.8 Å². The summed E-state index contributed by atoms with van der Waals surface area (Å²) in [5.41, 5.74) is -0.159.